The van der Waals surface area contributed by atoms with Crippen LogP contribution < -0.4 is 5.32 Å². The second-order valence-electron chi connectivity index (χ2n) is 8.55. The van der Waals surface area contributed by atoms with Crippen molar-refractivity contribution in [3.05, 3.63) is 30.7 Å². The number of amides is 1. The maximum atomic E-state index is 13.3. The van der Waals surface area contributed by atoms with Crippen LogP contribution in [0.5, 0.6) is 0 Å². The van der Waals surface area contributed by atoms with E-state index < -0.39 is 15.9 Å². The predicted molar refractivity (Wildman–Crippen MR) is 117 cm³/mol. The average molecular weight is 459 g/mol. The van der Waals surface area contributed by atoms with Crippen LogP contribution >= 0.6 is 0 Å². The SMILES string of the molecule is Cn1ccc(NC(=O)C(CC2CCOCC2)n2ncc3c(S(=O)(=O)C4CC4)ccnc32)n1. The summed E-state index contributed by atoms with van der Waals surface area (Å²) in [4.78, 5) is 18.0. The Balaban J connectivity index is 1.52. The quantitative estimate of drug-likeness (QED) is 0.575. The summed E-state index contributed by atoms with van der Waals surface area (Å²) in [6, 6.07) is 2.61. The van der Waals surface area contributed by atoms with Gasteiger partial charge in [0.1, 0.15) is 6.04 Å². The second kappa shape index (κ2) is 8.28. The van der Waals surface area contributed by atoms with Crippen LogP contribution in [0.2, 0.25) is 0 Å². The van der Waals surface area contributed by atoms with Gasteiger partial charge in [0.15, 0.2) is 21.3 Å². The van der Waals surface area contributed by atoms with Gasteiger partial charge in [-0.25, -0.2) is 18.1 Å². The molecule has 5 rings (SSSR count). The van der Waals surface area contributed by atoms with Crippen LogP contribution in [0.3, 0.4) is 0 Å². The van der Waals surface area contributed by atoms with Crippen LogP contribution in [0.1, 0.15) is 38.1 Å². The number of hydrogen-bond donors (Lipinski definition) is 1. The first-order valence-electron chi connectivity index (χ1n) is 10.9. The minimum absolute atomic E-state index is 0.242. The zero-order valence-electron chi connectivity index (χ0n) is 17.8. The highest BCUT2D eigenvalue weighted by Gasteiger charge is 2.38. The van der Waals surface area contributed by atoms with Gasteiger partial charge in [-0.1, -0.05) is 0 Å². The molecular formula is C21H26N6O4S. The summed E-state index contributed by atoms with van der Waals surface area (Å²) >= 11 is 0. The van der Waals surface area contributed by atoms with Crippen LogP contribution in [0.25, 0.3) is 11.0 Å². The van der Waals surface area contributed by atoms with Gasteiger partial charge in [-0.05, 0) is 44.1 Å². The molecule has 0 bridgehead atoms. The highest BCUT2D eigenvalue weighted by molar-refractivity contribution is 7.92. The number of pyridine rings is 1. The van der Waals surface area contributed by atoms with E-state index in [4.69, 9.17) is 4.74 Å². The number of nitrogens with zero attached hydrogens (tertiary/aromatic N) is 5. The van der Waals surface area contributed by atoms with Gasteiger partial charge in [-0.15, -0.1) is 0 Å². The van der Waals surface area contributed by atoms with Crippen LogP contribution in [0, 0.1) is 5.92 Å². The van der Waals surface area contributed by atoms with Gasteiger partial charge >= 0.3 is 0 Å². The lowest BCUT2D eigenvalue weighted by Crippen LogP contribution is -2.30. The Bertz CT molecular complexity index is 1240. The van der Waals surface area contributed by atoms with E-state index in [1.54, 1.807) is 28.7 Å². The van der Waals surface area contributed by atoms with E-state index in [-0.39, 0.29) is 16.1 Å². The van der Waals surface area contributed by atoms with E-state index in [9.17, 15) is 13.2 Å². The third-order valence-corrected chi connectivity index (χ3v) is 8.51. The molecule has 11 heteroatoms. The van der Waals surface area contributed by atoms with Gasteiger partial charge in [0, 0.05) is 38.7 Å². The Labute approximate surface area is 185 Å². The van der Waals surface area contributed by atoms with Gasteiger partial charge in [0.2, 0.25) is 0 Å². The van der Waals surface area contributed by atoms with Gasteiger partial charge < -0.3 is 10.1 Å². The molecule has 0 radical (unpaired) electrons. The zero-order valence-corrected chi connectivity index (χ0v) is 18.7. The van der Waals surface area contributed by atoms with Crippen molar-refractivity contribution in [3.8, 4) is 0 Å². The maximum absolute atomic E-state index is 13.3. The third kappa shape index (κ3) is 4.02. The molecule has 4 heterocycles. The first-order chi connectivity index (χ1) is 15.4. The minimum atomic E-state index is -3.42. The van der Waals surface area contributed by atoms with Gasteiger partial charge in [-0.3, -0.25) is 9.48 Å². The molecule has 1 unspecified atom stereocenters. The standard InChI is InChI=1S/C21H26N6O4S/c1-26-9-5-19(25-26)24-21(28)17(12-14-6-10-31-11-7-14)27-20-16(13-23-27)18(4-8-22-20)32(29,30)15-2-3-15/h4-5,8-9,13-15,17H,2-3,6-7,10-12H2,1H3,(H,24,25,28). The second-order valence-corrected chi connectivity index (χ2v) is 10.7. The Hall–Kier alpha value is -2.79. The summed E-state index contributed by atoms with van der Waals surface area (Å²) in [5, 5.41) is 11.7. The van der Waals surface area contributed by atoms with Crippen molar-refractivity contribution < 1.29 is 17.9 Å². The monoisotopic (exact) mass is 458 g/mol. The predicted octanol–water partition coefficient (Wildman–Crippen LogP) is 2.10. The average Bonchev–Trinajstić information content (AvgIpc) is 3.46. The van der Waals surface area contributed by atoms with Crippen molar-refractivity contribution in [1.29, 1.82) is 0 Å². The number of hydrogen-bond acceptors (Lipinski definition) is 7. The molecule has 1 aliphatic heterocycles. The molecule has 1 saturated heterocycles. The van der Waals surface area contributed by atoms with Crippen molar-refractivity contribution in [2.45, 2.75) is 48.3 Å². The molecule has 0 spiro atoms. The smallest absolute Gasteiger partial charge is 0.250 e. The third-order valence-electron chi connectivity index (χ3n) is 6.19. The van der Waals surface area contributed by atoms with Crippen LogP contribution in [0.4, 0.5) is 5.82 Å². The molecule has 10 nitrogen and oxygen atoms in total. The molecule has 1 N–H and O–H groups in total. The van der Waals surface area contributed by atoms with Gasteiger partial charge in [0.25, 0.3) is 5.91 Å². The Morgan fingerprint density at radius 1 is 1.25 bits per heavy atom. The molecule has 1 saturated carbocycles. The number of anilines is 1. The van der Waals surface area contributed by atoms with E-state index >= 15 is 0 Å². The number of ether oxygens (including phenoxy) is 1. The maximum Gasteiger partial charge on any atom is 0.250 e. The van der Waals surface area contributed by atoms with Crippen molar-refractivity contribution in [2.24, 2.45) is 13.0 Å². The van der Waals surface area contributed by atoms with Crippen molar-refractivity contribution in [2.75, 3.05) is 18.5 Å². The van der Waals surface area contributed by atoms with E-state index in [1.165, 1.54) is 18.5 Å². The summed E-state index contributed by atoms with van der Waals surface area (Å²) in [5.74, 6) is 0.495. The number of carbonyl (C=O) groups is 1. The molecule has 170 valence electrons. The molecule has 3 aromatic heterocycles. The summed E-state index contributed by atoms with van der Waals surface area (Å²) in [7, 11) is -1.64. The fraction of sp³-hybridized carbons (Fsp3) is 0.524. The molecule has 1 amide bonds. The van der Waals surface area contributed by atoms with E-state index in [1.807, 2.05) is 0 Å². The molecule has 2 fully saturated rings. The van der Waals surface area contributed by atoms with Crippen LogP contribution in [-0.2, 0) is 26.4 Å². The minimum Gasteiger partial charge on any atom is -0.381 e. The molecule has 1 aliphatic carbocycles. The Morgan fingerprint density at radius 2 is 2.03 bits per heavy atom. The van der Waals surface area contributed by atoms with Crippen molar-refractivity contribution >= 4 is 32.6 Å². The highest BCUT2D eigenvalue weighted by Crippen LogP contribution is 2.37. The molecular weight excluding hydrogens is 432 g/mol. The molecule has 32 heavy (non-hydrogen) atoms. The summed E-state index contributed by atoms with van der Waals surface area (Å²) in [6.45, 7) is 1.34. The lowest BCUT2D eigenvalue weighted by Gasteiger charge is -2.26. The lowest BCUT2D eigenvalue weighted by atomic mass is 9.92. The Kier molecular flexibility index (Phi) is 5.46. The molecule has 3 aromatic rings. The first-order valence-corrected chi connectivity index (χ1v) is 12.4. The highest BCUT2D eigenvalue weighted by atomic mass is 32.2. The van der Waals surface area contributed by atoms with E-state index in [0.29, 0.717) is 55.2 Å². The summed E-state index contributed by atoms with van der Waals surface area (Å²) < 4.78 is 34.5. The number of aryl methyl sites for hydroxylation is 1. The summed E-state index contributed by atoms with van der Waals surface area (Å²) in [6.07, 6.45) is 8.39. The summed E-state index contributed by atoms with van der Waals surface area (Å²) in [5.41, 5.74) is 0.403. The molecule has 1 atom stereocenters. The van der Waals surface area contributed by atoms with Crippen molar-refractivity contribution in [3.63, 3.8) is 0 Å². The first kappa shape index (κ1) is 21.1. The zero-order chi connectivity index (χ0) is 22.3. The van der Waals surface area contributed by atoms with Gasteiger partial charge in [0.05, 0.1) is 21.7 Å². The Morgan fingerprint density at radius 3 is 2.72 bits per heavy atom. The van der Waals surface area contributed by atoms with Gasteiger partial charge in [-0.2, -0.15) is 10.2 Å². The van der Waals surface area contributed by atoms with E-state index in [0.717, 1.165) is 12.8 Å². The lowest BCUT2D eigenvalue weighted by molar-refractivity contribution is -0.120. The number of sulfone groups is 1. The number of rotatable bonds is 7. The largest absolute Gasteiger partial charge is 0.381 e. The van der Waals surface area contributed by atoms with Crippen LogP contribution in [-0.4, -0.2) is 57.3 Å². The molecule has 2 aliphatic rings. The fourth-order valence-electron chi connectivity index (χ4n) is 4.26. The normalized spacial score (nSPS) is 18.7. The number of fused-ring (bicyclic) bond motifs is 1. The van der Waals surface area contributed by atoms with Crippen molar-refractivity contribution in [1.82, 2.24) is 24.5 Å². The fourth-order valence-corrected chi connectivity index (χ4v) is 6.08. The number of carbonyl (C=O) groups excluding carboxylic acids is 1. The van der Waals surface area contributed by atoms with Crippen LogP contribution in [0.15, 0.2) is 35.6 Å². The van der Waals surface area contributed by atoms with E-state index in [2.05, 4.69) is 20.5 Å². The number of nitrogens with one attached hydrogen (secondary N) is 1. The topological polar surface area (TPSA) is 121 Å². The number of aromatic nitrogens is 5. The molecule has 0 aromatic carbocycles.